The van der Waals surface area contributed by atoms with Crippen molar-refractivity contribution in [3.63, 3.8) is 0 Å². The SMILES string of the molecule is CC1CCCN(Cc2ccccc2CNC(=O)C2CCCCN2)C1.Cl.Cl. The largest absolute Gasteiger partial charge is 0.351 e. The van der Waals surface area contributed by atoms with Gasteiger partial charge < -0.3 is 10.6 Å². The lowest BCUT2D eigenvalue weighted by atomic mass is 9.99. The maximum atomic E-state index is 12.3. The smallest absolute Gasteiger partial charge is 0.237 e. The molecule has 148 valence electrons. The molecule has 0 radical (unpaired) electrons. The monoisotopic (exact) mass is 401 g/mol. The summed E-state index contributed by atoms with van der Waals surface area (Å²) in [4.78, 5) is 14.9. The van der Waals surface area contributed by atoms with Gasteiger partial charge in [-0.3, -0.25) is 9.69 Å². The van der Waals surface area contributed by atoms with Gasteiger partial charge in [0.15, 0.2) is 0 Å². The van der Waals surface area contributed by atoms with Gasteiger partial charge in [-0.2, -0.15) is 0 Å². The van der Waals surface area contributed by atoms with Crippen molar-refractivity contribution in [3.05, 3.63) is 35.4 Å². The zero-order valence-electron chi connectivity index (χ0n) is 15.7. The van der Waals surface area contributed by atoms with E-state index in [1.807, 2.05) is 0 Å². The average Bonchev–Trinajstić information content (AvgIpc) is 2.61. The molecule has 26 heavy (non-hydrogen) atoms. The third kappa shape index (κ3) is 6.73. The minimum Gasteiger partial charge on any atom is -0.351 e. The zero-order chi connectivity index (χ0) is 16.8. The van der Waals surface area contributed by atoms with Crippen molar-refractivity contribution < 1.29 is 4.79 Å². The van der Waals surface area contributed by atoms with Crippen LogP contribution >= 0.6 is 24.8 Å². The Bertz CT molecular complexity index is 550. The molecule has 2 N–H and O–H groups in total. The Morgan fingerprint density at radius 2 is 1.92 bits per heavy atom. The second kappa shape index (κ2) is 11.8. The standard InChI is InChI=1S/C20H31N3O.2ClH/c1-16-7-6-12-23(14-16)15-18-9-3-2-8-17(18)13-22-20(24)19-10-4-5-11-21-19;;/h2-3,8-9,16,19,21H,4-7,10-15H2,1H3,(H,22,24);2*1H. The molecule has 2 heterocycles. The highest BCUT2D eigenvalue weighted by atomic mass is 35.5. The summed E-state index contributed by atoms with van der Waals surface area (Å²) in [5.74, 6) is 0.944. The Hall–Kier alpha value is -0.810. The van der Waals surface area contributed by atoms with E-state index >= 15 is 0 Å². The third-order valence-electron chi connectivity index (χ3n) is 5.33. The van der Waals surface area contributed by atoms with Crippen LogP contribution in [0.3, 0.4) is 0 Å². The molecule has 0 bridgehead atoms. The molecule has 2 unspecified atom stereocenters. The second-order valence-electron chi connectivity index (χ2n) is 7.47. The van der Waals surface area contributed by atoms with Gasteiger partial charge in [-0.25, -0.2) is 0 Å². The molecule has 1 amide bonds. The summed E-state index contributed by atoms with van der Waals surface area (Å²) in [5.41, 5.74) is 2.60. The van der Waals surface area contributed by atoms with E-state index in [0.29, 0.717) is 6.54 Å². The van der Waals surface area contributed by atoms with Crippen LogP contribution in [0.4, 0.5) is 0 Å². The topological polar surface area (TPSA) is 44.4 Å². The maximum absolute atomic E-state index is 12.3. The number of halogens is 2. The molecule has 0 spiro atoms. The molecule has 6 heteroatoms. The molecule has 0 saturated carbocycles. The first-order chi connectivity index (χ1) is 11.7. The van der Waals surface area contributed by atoms with Gasteiger partial charge in [0.2, 0.25) is 5.91 Å². The summed E-state index contributed by atoms with van der Waals surface area (Å²) in [6, 6.07) is 8.53. The Morgan fingerprint density at radius 1 is 1.15 bits per heavy atom. The number of carbonyl (C=O) groups excluding carboxylic acids is 1. The molecular formula is C20H33Cl2N3O. The fourth-order valence-electron chi connectivity index (χ4n) is 3.94. The van der Waals surface area contributed by atoms with Gasteiger partial charge in [0.1, 0.15) is 0 Å². The number of nitrogens with zero attached hydrogens (tertiary/aromatic N) is 1. The molecule has 0 aromatic heterocycles. The quantitative estimate of drug-likeness (QED) is 0.792. The number of amides is 1. The van der Waals surface area contributed by atoms with Crippen LogP contribution in [0.1, 0.15) is 50.2 Å². The number of rotatable bonds is 5. The minimum absolute atomic E-state index is 0. The zero-order valence-corrected chi connectivity index (χ0v) is 17.3. The predicted molar refractivity (Wildman–Crippen MR) is 112 cm³/mol. The Labute approximate surface area is 170 Å². The van der Waals surface area contributed by atoms with E-state index in [9.17, 15) is 4.79 Å². The number of piperidine rings is 2. The second-order valence-corrected chi connectivity index (χ2v) is 7.47. The van der Waals surface area contributed by atoms with Crippen LogP contribution in [0.2, 0.25) is 0 Å². The van der Waals surface area contributed by atoms with Gasteiger partial charge in [-0.1, -0.05) is 37.6 Å². The lowest BCUT2D eigenvalue weighted by molar-refractivity contribution is -0.123. The molecule has 2 saturated heterocycles. The van der Waals surface area contributed by atoms with Crippen LogP contribution in [0.15, 0.2) is 24.3 Å². The van der Waals surface area contributed by atoms with Crippen molar-refractivity contribution in [1.29, 1.82) is 0 Å². The molecule has 1 aromatic rings. The highest BCUT2D eigenvalue weighted by molar-refractivity contribution is 5.85. The van der Waals surface area contributed by atoms with E-state index in [0.717, 1.165) is 31.8 Å². The Balaban J connectivity index is 0.00000169. The Kier molecular flexibility index (Phi) is 10.6. The normalized spacial score (nSPS) is 23.4. The van der Waals surface area contributed by atoms with Gasteiger partial charge in [-0.05, 0) is 55.8 Å². The number of benzene rings is 1. The fraction of sp³-hybridized carbons (Fsp3) is 0.650. The predicted octanol–water partition coefficient (Wildman–Crippen LogP) is 3.52. The van der Waals surface area contributed by atoms with Crippen LogP contribution < -0.4 is 10.6 Å². The van der Waals surface area contributed by atoms with Crippen molar-refractivity contribution in [2.75, 3.05) is 19.6 Å². The molecular weight excluding hydrogens is 369 g/mol. The van der Waals surface area contributed by atoms with Gasteiger partial charge in [-0.15, -0.1) is 24.8 Å². The Morgan fingerprint density at radius 3 is 2.62 bits per heavy atom. The average molecular weight is 402 g/mol. The van der Waals surface area contributed by atoms with Crippen LogP contribution in [-0.4, -0.2) is 36.5 Å². The minimum atomic E-state index is -0.00569. The highest BCUT2D eigenvalue weighted by Gasteiger charge is 2.21. The third-order valence-corrected chi connectivity index (χ3v) is 5.33. The van der Waals surface area contributed by atoms with Gasteiger partial charge >= 0.3 is 0 Å². The number of hydrogen-bond donors (Lipinski definition) is 2. The van der Waals surface area contributed by atoms with Crippen LogP contribution in [0.25, 0.3) is 0 Å². The van der Waals surface area contributed by atoms with Gasteiger partial charge in [0.25, 0.3) is 0 Å². The lowest BCUT2D eigenvalue weighted by Crippen LogP contribution is -2.46. The summed E-state index contributed by atoms with van der Waals surface area (Å²) in [7, 11) is 0. The summed E-state index contributed by atoms with van der Waals surface area (Å²) >= 11 is 0. The lowest BCUT2D eigenvalue weighted by Gasteiger charge is -2.31. The van der Waals surface area contributed by atoms with E-state index in [2.05, 4.69) is 46.7 Å². The van der Waals surface area contributed by atoms with Crippen molar-refractivity contribution in [3.8, 4) is 0 Å². The molecule has 2 aliphatic rings. The van der Waals surface area contributed by atoms with Crippen molar-refractivity contribution in [1.82, 2.24) is 15.5 Å². The van der Waals surface area contributed by atoms with E-state index in [1.165, 1.54) is 43.5 Å². The molecule has 3 rings (SSSR count). The maximum Gasteiger partial charge on any atom is 0.237 e. The van der Waals surface area contributed by atoms with Crippen LogP contribution in [0.5, 0.6) is 0 Å². The van der Waals surface area contributed by atoms with E-state index in [-0.39, 0.29) is 36.8 Å². The van der Waals surface area contributed by atoms with Crippen LogP contribution in [-0.2, 0) is 17.9 Å². The van der Waals surface area contributed by atoms with Gasteiger partial charge in [0, 0.05) is 19.6 Å². The summed E-state index contributed by atoms with van der Waals surface area (Å²) in [6.07, 6.45) is 5.94. The molecule has 0 aliphatic carbocycles. The first-order valence-electron chi connectivity index (χ1n) is 9.52. The molecule has 2 aliphatic heterocycles. The number of carbonyl (C=O) groups is 1. The van der Waals surface area contributed by atoms with Crippen molar-refractivity contribution in [2.24, 2.45) is 5.92 Å². The van der Waals surface area contributed by atoms with Gasteiger partial charge in [0.05, 0.1) is 6.04 Å². The first kappa shape index (κ1) is 23.2. The van der Waals surface area contributed by atoms with Crippen molar-refractivity contribution in [2.45, 2.75) is 58.2 Å². The molecule has 2 atom stereocenters. The van der Waals surface area contributed by atoms with Crippen molar-refractivity contribution >= 4 is 30.7 Å². The highest BCUT2D eigenvalue weighted by Crippen LogP contribution is 2.19. The van der Waals surface area contributed by atoms with E-state index in [1.54, 1.807) is 0 Å². The first-order valence-corrected chi connectivity index (χ1v) is 9.52. The number of nitrogens with one attached hydrogen (secondary N) is 2. The summed E-state index contributed by atoms with van der Waals surface area (Å²) in [6.45, 7) is 7.32. The molecule has 2 fully saturated rings. The molecule has 4 nitrogen and oxygen atoms in total. The van der Waals surface area contributed by atoms with E-state index in [4.69, 9.17) is 0 Å². The summed E-state index contributed by atoms with van der Waals surface area (Å²) < 4.78 is 0. The van der Waals surface area contributed by atoms with E-state index < -0.39 is 0 Å². The fourth-order valence-corrected chi connectivity index (χ4v) is 3.94. The summed E-state index contributed by atoms with van der Waals surface area (Å²) in [5, 5.41) is 6.46. The molecule has 1 aromatic carbocycles. The number of likely N-dealkylation sites (tertiary alicyclic amines) is 1. The number of hydrogen-bond acceptors (Lipinski definition) is 3. The van der Waals surface area contributed by atoms with Crippen LogP contribution in [0, 0.1) is 5.92 Å².